The minimum atomic E-state index is -0.804. The molecular weight excluding hydrogens is 404 g/mol. The van der Waals surface area contributed by atoms with E-state index in [2.05, 4.69) is 10.0 Å². The first-order chi connectivity index (χ1) is 14.6. The van der Waals surface area contributed by atoms with Crippen molar-refractivity contribution in [2.45, 2.75) is 18.0 Å². The van der Waals surface area contributed by atoms with E-state index >= 15 is 0 Å². The molecule has 0 radical (unpaired) electrons. The maximum atomic E-state index is 13.1. The second-order valence-electron chi connectivity index (χ2n) is 6.68. The molecule has 152 valence electrons. The fourth-order valence-corrected chi connectivity index (χ4v) is 4.77. The van der Waals surface area contributed by atoms with Crippen LogP contribution in [-0.4, -0.2) is 41.1 Å². The molecule has 2 aromatic rings. The van der Waals surface area contributed by atoms with Crippen LogP contribution in [0.25, 0.3) is 16.0 Å². The summed E-state index contributed by atoms with van der Waals surface area (Å²) < 4.78 is 10.7. The normalized spacial score (nSPS) is 20.0. The molecule has 0 unspecified atom stereocenters. The van der Waals surface area contributed by atoms with E-state index in [4.69, 9.17) is 15.0 Å². The third-order valence-corrected chi connectivity index (χ3v) is 6.23. The van der Waals surface area contributed by atoms with Crippen LogP contribution in [0.4, 0.5) is 0 Å². The van der Waals surface area contributed by atoms with E-state index < -0.39 is 23.3 Å². The Morgan fingerprint density at radius 3 is 2.63 bits per heavy atom. The van der Waals surface area contributed by atoms with Gasteiger partial charge in [0.1, 0.15) is 29.5 Å². The molecule has 2 aliphatic heterocycles. The monoisotopic (exact) mass is 422 g/mol. The van der Waals surface area contributed by atoms with Crippen LogP contribution in [0.1, 0.15) is 11.1 Å². The standard InChI is InChI=1S/C21H18N4O4S/c1-28-15-9-7-13(8-10-15)11-29-21(27)18-16(14-5-3-2-4-6-14)12-30-20-17(23-24-22)19(26)25(18)20/h2-10,17,20H,11-12H2,1H3/t17-,20+/m0/s1. The Kier molecular flexibility index (Phi) is 5.65. The number of β-lactam (4-membered cyclic amide) rings is 1. The van der Waals surface area contributed by atoms with Crippen molar-refractivity contribution >= 4 is 29.2 Å². The van der Waals surface area contributed by atoms with Gasteiger partial charge in [0, 0.05) is 16.2 Å². The molecule has 4 rings (SSSR count). The number of fused-ring (bicyclic) bond motifs is 1. The maximum absolute atomic E-state index is 13.1. The van der Waals surface area contributed by atoms with Crippen LogP contribution >= 0.6 is 11.8 Å². The van der Waals surface area contributed by atoms with Crippen molar-refractivity contribution in [2.75, 3.05) is 12.9 Å². The zero-order chi connectivity index (χ0) is 21.1. The van der Waals surface area contributed by atoms with E-state index in [0.29, 0.717) is 11.5 Å². The number of carbonyl (C=O) groups excluding carboxylic acids is 2. The number of esters is 1. The third kappa shape index (κ3) is 3.60. The smallest absolute Gasteiger partial charge is 0.355 e. The number of benzene rings is 2. The van der Waals surface area contributed by atoms with E-state index in [-0.39, 0.29) is 12.3 Å². The predicted molar refractivity (Wildman–Crippen MR) is 112 cm³/mol. The van der Waals surface area contributed by atoms with Gasteiger partial charge in [0.05, 0.1) is 7.11 Å². The number of carbonyl (C=O) groups is 2. The Labute approximate surface area is 177 Å². The highest BCUT2D eigenvalue weighted by atomic mass is 32.2. The minimum Gasteiger partial charge on any atom is -0.497 e. The van der Waals surface area contributed by atoms with Crippen molar-refractivity contribution < 1.29 is 19.1 Å². The van der Waals surface area contributed by atoms with E-state index in [1.54, 1.807) is 19.2 Å². The Bertz CT molecular complexity index is 1050. The molecule has 2 heterocycles. The Hall–Kier alpha value is -3.42. The first kappa shape index (κ1) is 19.9. The number of ether oxygens (including phenoxy) is 2. The molecule has 1 fully saturated rings. The molecule has 0 aliphatic carbocycles. The number of hydrogen-bond acceptors (Lipinski definition) is 6. The molecule has 0 saturated carbocycles. The van der Waals surface area contributed by atoms with Crippen LogP contribution in [0.2, 0.25) is 0 Å². The van der Waals surface area contributed by atoms with E-state index in [9.17, 15) is 9.59 Å². The number of nitrogens with zero attached hydrogens (tertiary/aromatic N) is 4. The first-order valence-electron chi connectivity index (χ1n) is 9.21. The van der Waals surface area contributed by atoms with Crippen molar-refractivity contribution in [1.82, 2.24) is 4.90 Å². The molecular formula is C21H18N4O4S. The van der Waals surface area contributed by atoms with Crippen molar-refractivity contribution in [3.63, 3.8) is 0 Å². The van der Waals surface area contributed by atoms with Crippen molar-refractivity contribution in [1.29, 1.82) is 0 Å². The number of methoxy groups -OCH3 is 1. The summed E-state index contributed by atoms with van der Waals surface area (Å²) in [6.45, 7) is 0.0635. The first-order valence-corrected chi connectivity index (χ1v) is 10.3. The molecule has 1 amide bonds. The molecule has 2 atom stereocenters. The zero-order valence-electron chi connectivity index (χ0n) is 16.1. The van der Waals surface area contributed by atoms with Gasteiger partial charge in [-0.15, -0.1) is 11.8 Å². The summed E-state index contributed by atoms with van der Waals surface area (Å²) >= 11 is 1.47. The van der Waals surface area contributed by atoms with Gasteiger partial charge >= 0.3 is 5.97 Å². The zero-order valence-corrected chi connectivity index (χ0v) is 16.9. The maximum Gasteiger partial charge on any atom is 0.355 e. The Morgan fingerprint density at radius 1 is 1.23 bits per heavy atom. The largest absolute Gasteiger partial charge is 0.497 e. The molecule has 2 aromatic carbocycles. The average Bonchev–Trinajstić information content (AvgIpc) is 2.80. The van der Waals surface area contributed by atoms with E-state index in [0.717, 1.165) is 16.7 Å². The van der Waals surface area contributed by atoms with Gasteiger partial charge in [-0.2, -0.15) is 0 Å². The topological polar surface area (TPSA) is 105 Å². The fraction of sp³-hybridized carbons (Fsp3) is 0.238. The van der Waals surface area contributed by atoms with Crippen LogP contribution in [0.15, 0.2) is 65.4 Å². The molecule has 0 spiro atoms. The lowest BCUT2D eigenvalue weighted by atomic mass is 9.99. The van der Waals surface area contributed by atoms with Gasteiger partial charge in [0.15, 0.2) is 0 Å². The van der Waals surface area contributed by atoms with E-state index in [1.807, 2.05) is 42.5 Å². The summed E-state index contributed by atoms with van der Waals surface area (Å²) in [5.41, 5.74) is 11.3. The van der Waals surface area contributed by atoms with Gasteiger partial charge in [-0.3, -0.25) is 9.69 Å². The van der Waals surface area contributed by atoms with Gasteiger partial charge in [0.25, 0.3) is 0 Å². The highest BCUT2D eigenvalue weighted by Crippen LogP contribution is 2.44. The second kappa shape index (κ2) is 8.52. The second-order valence-corrected chi connectivity index (χ2v) is 7.78. The van der Waals surface area contributed by atoms with Gasteiger partial charge in [-0.05, 0) is 28.8 Å². The van der Waals surface area contributed by atoms with Gasteiger partial charge in [0.2, 0.25) is 5.91 Å². The van der Waals surface area contributed by atoms with Crippen molar-refractivity contribution in [3.05, 3.63) is 81.9 Å². The molecule has 1 saturated heterocycles. The van der Waals surface area contributed by atoms with Gasteiger partial charge in [-0.1, -0.05) is 47.6 Å². The summed E-state index contributed by atoms with van der Waals surface area (Å²) in [4.78, 5) is 29.8. The van der Waals surface area contributed by atoms with Gasteiger partial charge < -0.3 is 9.47 Å². The predicted octanol–water partition coefficient (Wildman–Crippen LogP) is 3.74. The fourth-order valence-electron chi connectivity index (χ4n) is 3.42. The highest BCUT2D eigenvalue weighted by molar-refractivity contribution is 8.00. The molecule has 0 aromatic heterocycles. The third-order valence-electron chi connectivity index (χ3n) is 4.96. The Balaban J connectivity index is 1.62. The summed E-state index contributed by atoms with van der Waals surface area (Å²) in [6, 6.07) is 15.8. The molecule has 0 bridgehead atoms. The van der Waals surface area contributed by atoms with Crippen LogP contribution in [0, 0.1) is 0 Å². The van der Waals surface area contributed by atoms with Crippen LogP contribution in [0.5, 0.6) is 5.75 Å². The lowest BCUT2D eigenvalue weighted by Gasteiger charge is -2.48. The lowest BCUT2D eigenvalue weighted by molar-refractivity contribution is -0.151. The lowest BCUT2D eigenvalue weighted by Crippen LogP contribution is -2.63. The summed E-state index contributed by atoms with van der Waals surface area (Å²) in [7, 11) is 1.58. The van der Waals surface area contributed by atoms with Crippen LogP contribution in [-0.2, 0) is 20.9 Å². The average molecular weight is 422 g/mol. The van der Waals surface area contributed by atoms with Gasteiger partial charge in [-0.25, -0.2) is 4.79 Å². The van der Waals surface area contributed by atoms with Crippen molar-refractivity contribution in [2.24, 2.45) is 5.11 Å². The molecule has 8 nitrogen and oxygen atoms in total. The summed E-state index contributed by atoms with van der Waals surface area (Å²) in [5, 5.41) is 3.18. The number of thioether (sulfide) groups is 1. The number of hydrogen-bond donors (Lipinski definition) is 0. The quantitative estimate of drug-likeness (QED) is 0.232. The minimum absolute atomic E-state index is 0.0635. The molecule has 9 heteroatoms. The Morgan fingerprint density at radius 2 is 1.97 bits per heavy atom. The van der Waals surface area contributed by atoms with E-state index in [1.165, 1.54) is 16.7 Å². The molecule has 2 aliphatic rings. The van der Waals surface area contributed by atoms with Crippen LogP contribution in [0.3, 0.4) is 0 Å². The highest BCUT2D eigenvalue weighted by Gasteiger charge is 2.53. The molecule has 30 heavy (non-hydrogen) atoms. The number of rotatable bonds is 6. The summed E-state index contributed by atoms with van der Waals surface area (Å²) in [5.74, 6) is 0.238. The number of azide groups is 1. The van der Waals surface area contributed by atoms with Crippen molar-refractivity contribution in [3.8, 4) is 5.75 Å². The number of amides is 1. The van der Waals surface area contributed by atoms with Crippen LogP contribution < -0.4 is 4.74 Å². The molecule has 0 N–H and O–H groups in total. The summed E-state index contributed by atoms with van der Waals surface area (Å²) in [6.07, 6.45) is 0. The SMILES string of the molecule is COc1ccc(COC(=O)C2=C(c3ccccc3)CS[C@@H]3[C@@H](N=[N+]=[N-])C(=O)N23)cc1.